The van der Waals surface area contributed by atoms with E-state index in [0.717, 1.165) is 33.4 Å². The van der Waals surface area contributed by atoms with Gasteiger partial charge in [-0.1, -0.05) is 120 Å². The Morgan fingerprint density at radius 3 is 1.18 bits per heavy atom. The van der Waals surface area contributed by atoms with E-state index >= 15 is 0 Å². The minimum absolute atomic E-state index is 0.605. The molecule has 0 radical (unpaired) electrons. The van der Waals surface area contributed by atoms with Crippen molar-refractivity contribution < 1.29 is 0 Å². The SMILES string of the molecule is Clc1c(-c2cccc(-c3ccccc3)c2)cc(-c2cccc(-c3ccccc3)c2)c(Cl)c1Br. The zero-order valence-corrected chi connectivity index (χ0v) is 20.7. The highest BCUT2D eigenvalue weighted by atomic mass is 79.9. The molecule has 0 saturated heterocycles. The Labute approximate surface area is 212 Å². The van der Waals surface area contributed by atoms with Crippen LogP contribution in [0, 0.1) is 0 Å². The molecule has 0 amide bonds. The molecule has 0 aliphatic rings. The van der Waals surface area contributed by atoms with Crippen molar-refractivity contribution in [1.82, 2.24) is 0 Å². The van der Waals surface area contributed by atoms with Gasteiger partial charge < -0.3 is 0 Å². The van der Waals surface area contributed by atoms with Gasteiger partial charge in [0.05, 0.1) is 14.5 Å². The van der Waals surface area contributed by atoms with E-state index in [0.29, 0.717) is 14.5 Å². The average molecular weight is 530 g/mol. The number of benzene rings is 5. The van der Waals surface area contributed by atoms with Crippen LogP contribution in [0.15, 0.2) is 120 Å². The molecule has 5 rings (SSSR count). The highest BCUT2D eigenvalue weighted by Gasteiger charge is 2.17. The minimum Gasteiger partial charge on any atom is -0.0824 e. The molecule has 5 aromatic rings. The predicted molar refractivity (Wildman–Crippen MR) is 146 cm³/mol. The maximum Gasteiger partial charge on any atom is 0.0642 e. The van der Waals surface area contributed by atoms with Crippen molar-refractivity contribution in [2.45, 2.75) is 0 Å². The summed E-state index contributed by atoms with van der Waals surface area (Å²) in [6, 6.07) is 39.6. The molecule has 0 spiro atoms. The molecular weight excluding hydrogens is 511 g/mol. The topological polar surface area (TPSA) is 0 Å². The Kier molecular flexibility index (Phi) is 6.37. The van der Waals surface area contributed by atoms with E-state index in [1.807, 2.05) is 36.4 Å². The van der Waals surface area contributed by atoms with E-state index < -0.39 is 0 Å². The first kappa shape index (κ1) is 22.0. The third-order valence-electron chi connectivity index (χ3n) is 5.71. The molecule has 0 N–H and O–H groups in total. The Balaban J connectivity index is 1.64. The van der Waals surface area contributed by atoms with Crippen molar-refractivity contribution in [3.05, 3.63) is 130 Å². The highest BCUT2D eigenvalue weighted by molar-refractivity contribution is 9.10. The van der Waals surface area contributed by atoms with Crippen LogP contribution in [-0.4, -0.2) is 0 Å². The third kappa shape index (κ3) is 4.50. The fraction of sp³-hybridized carbons (Fsp3) is 0. The Hall–Kier alpha value is -2.84. The van der Waals surface area contributed by atoms with Crippen LogP contribution >= 0.6 is 39.1 Å². The molecule has 0 unspecified atom stereocenters. The quantitative estimate of drug-likeness (QED) is 0.203. The highest BCUT2D eigenvalue weighted by Crippen LogP contribution is 2.45. The predicted octanol–water partition coefficient (Wildman–Crippen LogP) is 10.4. The van der Waals surface area contributed by atoms with Crippen LogP contribution in [0.4, 0.5) is 0 Å². The summed E-state index contributed by atoms with van der Waals surface area (Å²) in [6.07, 6.45) is 0. The summed E-state index contributed by atoms with van der Waals surface area (Å²) in [7, 11) is 0. The average Bonchev–Trinajstić information content (AvgIpc) is 2.89. The summed E-state index contributed by atoms with van der Waals surface area (Å²) in [6.45, 7) is 0. The van der Waals surface area contributed by atoms with Crippen LogP contribution in [-0.2, 0) is 0 Å². The molecule has 0 atom stereocenters. The summed E-state index contributed by atoms with van der Waals surface area (Å²) < 4.78 is 0.702. The smallest absolute Gasteiger partial charge is 0.0642 e. The fourth-order valence-electron chi connectivity index (χ4n) is 4.02. The molecule has 0 aromatic heterocycles. The molecule has 0 nitrogen and oxygen atoms in total. The van der Waals surface area contributed by atoms with Crippen molar-refractivity contribution in [3.63, 3.8) is 0 Å². The third-order valence-corrected chi connectivity index (χ3v) is 7.74. The molecule has 3 heteroatoms. The summed E-state index contributed by atoms with van der Waals surface area (Å²) in [4.78, 5) is 0. The molecule has 0 fully saturated rings. The first-order valence-corrected chi connectivity index (χ1v) is 12.2. The summed E-state index contributed by atoms with van der Waals surface area (Å²) in [5.41, 5.74) is 8.57. The lowest BCUT2D eigenvalue weighted by atomic mass is 9.94. The minimum atomic E-state index is 0.605. The second-order valence-corrected chi connectivity index (χ2v) is 9.36. The van der Waals surface area contributed by atoms with Gasteiger partial charge in [0.25, 0.3) is 0 Å². The molecule has 0 saturated carbocycles. The molecule has 0 aliphatic carbocycles. The normalized spacial score (nSPS) is 10.9. The molecule has 5 aromatic carbocycles. The maximum absolute atomic E-state index is 6.79. The van der Waals surface area contributed by atoms with E-state index in [1.165, 1.54) is 11.1 Å². The van der Waals surface area contributed by atoms with Gasteiger partial charge in [-0.2, -0.15) is 0 Å². The van der Waals surface area contributed by atoms with E-state index in [1.54, 1.807) is 0 Å². The second kappa shape index (κ2) is 9.57. The lowest BCUT2D eigenvalue weighted by Gasteiger charge is -2.15. The lowest BCUT2D eigenvalue weighted by molar-refractivity contribution is 1.55. The molecule has 0 bridgehead atoms. The van der Waals surface area contributed by atoms with Crippen LogP contribution in [0.1, 0.15) is 0 Å². The Bertz CT molecular complexity index is 1320. The summed E-state index contributed by atoms with van der Waals surface area (Å²) >= 11 is 17.2. The van der Waals surface area contributed by atoms with Crippen LogP contribution in [0.2, 0.25) is 10.0 Å². The lowest BCUT2D eigenvalue weighted by Crippen LogP contribution is -1.89. The standard InChI is InChI=1S/C30H19BrCl2/c31-28-29(32)26(24-15-7-13-22(17-24)20-9-3-1-4-10-20)19-27(30(28)33)25-16-8-14-23(18-25)21-11-5-2-6-12-21/h1-19H. The van der Waals surface area contributed by atoms with Crippen LogP contribution in [0.5, 0.6) is 0 Å². The number of halogens is 3. The van der Waals surface area contributed by atoms with Gasteiger partial charge in [-0.15, -0.1) is 0 Å². The van der Waals surface area contributed by atoms with E-state index in [9.17, 15) is 0 Å². The van der Waals surface area contributed by atoms with Crippen molar-refractivity contribution >= 4 is 39.1 Å². The largest absolute Gasteiger partial charge is 0.0824 e. The van der Waals surface area contributed by atoms with Crippen LogP contribution in [0.25, 0.3) is 44.5 Å². The van der Waals surface area contributed by atoms with Crippen LogP contribution in [0.3, 0.4) is 0 Å². The van der Waals surface area contributed by atoms with Gasteiger partial charge in [-0.25, -0.2) is 0 Å². The second-order valence-electron chi connectivity index (χ2n) is 7.81. The van der Waals surface area contributed by atoms with Crippen LogP contribution < -0.4 is 0 Å². The van der Waals surface area contributed by atoms with Crippen molar-refractivity contribution in [2.24, 2.45) is 0 Å². The number of hydrogen-bond acceptors (Lipinski definition) is 0. The molecular formula is C30H19BrCl2. The van der Waals surface area contributed by atoms with Crippen molar-refractivity contribution in [3.8, 4) is 44.5 Å². The van der Waals surface area contributed by atoms with Crippen molar-refractivity contribution in [2.75, 3.05) is 0 Å². The van der Waals surface area contributed by atoms with Gasteiger partial charge in [0.1, 0.15) is 0 Å². The van der Waals surface area contributed by atoms with Gasteiger partial charge in [-0.05, 0) is 67.5 Å². The Morgan fingerprint density at radius 2 is 0.758 bits per heavy atom. The number of rotatable bonds is 4. The van der Waals surface area contributed by atoms with Gasteiger partial charge >= 0.3 is 0 Å². The first-order valence-electron chi connectivity index (χ1n) is 10.6. The fourth-order valence-corrected chi connectivity index (χ4v) is 5.01. The molecule has 0 aliphatic heterocycles. The molecule has 0 heterocycles. The van der Waals surface area contributed by atoms with Gasteiger partial charge in [0, 0.05) is 11.1 Å². The Morgan fingerprint density at radius 1 is 0.394 bits per heavy atom. The maximum atomic E-state index is 6.79. The summed E-state index contributed by atoms with van der Waals surface area (Å²) in [5, 5.41) is 1.21. The molecule has 160 valence electrons. The zero-order valence-electron chi connectivity index (χ0n) is 17.6. The van der Waals surface area contributed by atoms with E-state index in [2.05, 4.69) is 94.8 Å². The van der Waals surface area contributed by atoms with E-state index in [4.69, 9.17) is 23.2 Å². The van der Waals surface area contributed by atoms with Gasteiger partial charge in [0.2, 0.25) is 0 Å². The summed E-state index contributed by atoms with van der Waals surface area (Å²) in [5.74, 6) is 0. The zero-order chi connectivity index (χ0) is 22.8. The molecule has 33 heavy (non-hydrogen) atoms. The van der Waals surface area contributed by atoms with E-state index in [-0.39, 0.29) is 0 Å². The first-order chi connectivity index (χ1) is 16.1. The monoisotopic (exact) mass is 528 g/mol. The number of hydrogen-bond donors (Lipinski definition) is 0. The van der Waals surface area contributed by atoms with Crippen molar-refractivity contribution in [1.29, 1.82) is 0 Å². The van der Waals surface area contributed by atoms with Gasteiger partial charge in [0.15, 0.2) is 0 Å². The van der Waals surface area contributed by atoms with Gasteiger partial charge in [-0.3, -0.25) is 0 Å².